The molecule has 1 atom stereocenters. The second-order valence-electron chi connectivity index (χ2n) is 5.56. The van der Waals surface area contributed by atoms with Gasteiger partial charge in [-0.05, 0) is 56.1 Å². The van der Waals surface area contributed by atoms with Crippen molar-refractivity contribution in [2.45, 2.75) is 38.5 Å². The number of piperidine rings is 1. The van der Waals surface area contributed by atoms with Gasteiger partial charge in [0.1, 0.15) is 5.82 Å². The maximum atomic E-state index is 5.87. The minimum atomic E-state index is 0.756. The first-order chi connectivity index (χ1) is 8.86. The molecule has 1 aliphatic heterocycles. The molecule has 0 N–H and O–H groups in total. The lowest BCUT2D eigenvalue weighted by Gasteiger charge is -2.33. The summed E-state index contributed by atoms with van der Waals surface area (Å²) in [7, 11) is 0. The monoisotopic (exact) mass is 264 g/mol. The molecule has 3 rings (SSSR count). The summed E-state index contributed by atoms with van der Waals surface area (Å²) in [5.74, 6) is 2.73. The number of rotatable bonds is 3. The second-order valence-corrected chi connectivity index (χ2v) is 5.94. The van der Waals surface area contributed by atoms with Gasteiger partial charge in [-0.25, -0.2) is 4.98 Å². The fourth-order valence-electron chi connectivity index (χ4n) is 3.25. The van der Waals surface area contributed by atoms with E-state index < -0.39 is 0 Å². The Kier molecular flexibility index (Phi) is 3.74. The molecule has 0 aromatic carbocycles. The molecule has 2 aliphatic rings. The molecule has 0 amide bonds. The molecule has 3 heteroatoms. The van der Waals surface area contributed by atoms with Crippen LogP contribution < -0.4 is 4.90 Å². The summed E-state index contributed by atoms with van der Waals surface area (Å²) in [6, 6.07) is 4.50. The van der Waals surface area contributed by atoms with E-state index in [0.717, 1.165) is 31.3 Å². The van der Waals surface area contributed by atoms with Crippen LogP contribution in [-0.4, -0.2) is 24.0 Å². The first-order valence-electron chi connectivity index (χ1n) is 7.16. The zero-order valence-corrected chi connectivity index (χ0v) is 11.6. The van der Waals surface area contributed by atoms with Crippen LogP contribution >= 0.6 is 11.6 Å². The Morgan fingerprint density at radius 2 is 2.22 bits per heavy atom. The topological polar surface area (TPSA) is 16.1 Å². The molecule has 18 heavy (non-hydrogen) atoms. The van der Waals surface area contributed by atoms with Gasteiger partial charge in [-0.1, -0.05) is 6.07 Å². The van der Waals surface area contributed by atoms with E-state index in [1.165, 1.54) is 49.2 Å². The predicted molar refractivity (Wildman–Crippen MR) is 76.5 cm³/mol. The van der Waals surface area contributed by atoms with Crippen molar-refractivity contribution in [2.24, 2.45) is 5.92 Å². The normalized spacial score (nSPS) is 23.2. The summed E-state index contributed by atoms with van der Waals surface area (Å²) in [4.78, 5) is 7.32. The number of nitrogens with zero attached hydrogens (tertiary/aromatic N) is 2. The van der Waals surface area contributed by atoms with Crippen LogP contribution in [0.2, 0.25) is 0 Å². The molecule has 1 fully saturated rings. The maximum absolute atomic E-state index is 5.87. The highest BCUT2D eigenvalue weighted by Gasteiger charge is 2.21. The minimum Gasteiger partial charge on any atom is -0.356 e. The molecular weight excluding hydrogens is 244 g/mol. The fraction of sp³-hybridized carbons (Fsp3) is 0.667. The van der Waals surface area contributed by atoms with E-state index in [-0.39, 0.29) is 0 Å². The highest BCUT2D eigenvalue weighted by Crippen LogP contribution is 2.27. The Hall–Kier alpha value is -0.760. The number of halogens is 1. The highest BCUT2D eigenvalue weighted by molar-refractivity contribution is 6.17. The SMILES string of the molecule is ClCCC1CCCN(c2ccc3c(n2)CCC3)C1. The number of fused-ring (bicyclic) bond motifs is 1. The molecule has 1 aromatic heterocycles. The van der Waals surface area contributed by atoms with E-state index in [4.69, 9.17) is 16.6 Å². The zero-order chi connectivity index (χ0) is 12.4. The number of anilines is 1. The largest absolute Gasteiger partial charge is 0.356 e. The molecule has 1 saturated heterocycles. The van der Waals surface area contributed by atoms with E-state index in [0.29, 0.717) is 0 Å². The quantitative estimate of drug-likeness (QED) is 0.778. The van der Waals surface area contributed by atoms with Gasteiger partial charge in [0.05, 0.1) is 0 Å². The van der Waals surface area contributed by atoms with Crippen molar-refractivity contribution in [3.63, 3.8) is 0 Å². The van der Waals surface area contributed by atoms with Gasteiger partial charge in [-0.15, -0.1) is 11.6 Å². The number of hydrogen-bond acceptors (Lipinski definition) is 2. The molecule has 0 saturated carbocycles. The summed E-state index contributed by atoms with van der Waals surface area (Å²) in [5, 5.41) is 0. The van der Waals surface area contributed by atoms with Crippen molar-refractivity contribution in [1.29, 1.82) is 0 Å². The van der Waals surface area contributed by atoms with E-state index in [1.54, 1.807) is 0 Å². The van der Waals surface area contributed by atoms with Gasteiger partial charge >= 0.3 is 0 Å². The van der Waals surface area contributed by atoms with E-state index in [9.17, 15) is 0 Å². The van der Waals surface area contributed by atoms with Gasteiger partial charge in [0.25, 0.3) is 0 Å². The Bertz CT molecular complexity index is 417. The van der Waals surface area contributed by atoms with E-state index >= 15 is 0 Å². The average Bonchev–Trinajstić information content (AvgIpc) is 2.86. The third-order valence-electron chi connectivity index (χ3n) is 4.27. The Morgan fingerprint density at radius 1 is 1.28 bits per heavy atom. The summed E-state index contributed by atoms with van der Waals surface area (Å²) >= 11 is 5.87. The van der Waals surface area contributed by atoms with Gasteiger partial charge in [-0.3, -0.25) is 0 Å². The summed E-state index contributed by atoms with van der Waals surface area (Å²) in [5.41, 5.74) is 2.81. The van der Waals surface area contributed by atoms with Gasteiger partial charge in [-0.2, -0.15) is 0 Å². The van der Waals surface area contributed by atoms with Crippen LogP contribution in [0, 0.1) is 5.92 Å². The Balaban J connectivity index is 1.73. The molecular formula is C15H21ClN2. The standard InChI is InChI=1S/C15H21ClN2/c16-9-8-12-3-2-10-18(11-12)15-7-6-13-4-1-5-14(13)17-15/h6-7,12H,1-5,8-11H2. The lowest BCUT2D eigenvalue weighted by Crippen LogP contribution is -2.36. The molecule has 0 radical (unpaired) electrons. The lowest BCUT2D eigenvalue weighted by atomic mass is 9.95. The van der Waals surface area contributed by atoms with Gasteiger partial charge in [0.2, 0.25) is 0 Å². The third kappa shape index (κ3) is 2.49. The Labute approximate surface area is 114 Å². The molecule has 98 valence electrons. The zero-order valence-electron chi connectivity index (χ0n) is 10.9. The van der Waals surface area contributed by atoms with Crippen LogP contribution in [0.3, 0.4) is 0 Å². The first kappa shape index (κ1) is 12.3. The van der Waals surface area contributed by atoms with Crippen molar-refractivity contribution in [2.75, 3.05) is 23.9 Å². The van der Waals surface area contributed by atoms with Crippen LogP contribution in [0.1, 0.15) is 36.9 Å². The van der Waals surface area contributed by atoms with E-state index in [1.807, 2.05) is 0 Å². The van der Waals surface area contributed by atoms with Crippen LogP contribution in [0.5, 0.6) is 0 Å². The molecule has 2 heterocycles. The Morgan fingerprint density at radius 3 is 3.11 bits per heavy atom. The van der Waals surface area contributed by atoms with Crippen LogP contribution in [-0.2, 0) is 12.8 Å². The molecule has 0 spiro atoms. The minimum absolute atomic E-state index is 0.756. The smallest absolute Gasteiger partial charge is 0.128 e. The van der Waals surface area contributed by atoms with Crippen molar-refractivity contribution in [1.82, 2.24) is 4.98 Å². The molecule has 0 bridgehead atoms. The number of alkyl halides is 1. The van der Waals surface area contributed by atoms with Crippen LogP contribution in [0.15, 0.2) is 12.1 Å². The molecule has 1 aliphatic carbocycles. The molecule has 1 aromatic rings. The highest BCUT2D eigenvalue weighted by atomic mass is 35.5. The van der Waals surface area contributed by atoms with Crippen molar-refractivity contribution in [3.05, 3.63) is 23.4 Å². The number of aromatic nitrogens is 1. The molecule has 2 nitrogen and oxygen atoms in total. The lowest BCUT2D eigenvalue weighted by molar-refractivity contribution is 0.404. The number of pyridine rings is 1. The van der Waals surface area contributed by atoms with Crippen LogP contribution in [0.4, 0.5) is 5.82 Å². The summed E-state index contributed by atoms with van der Waals surface area (Å²) in [6.07, 6.45) is 7.41. The summed E-state index contributed by atoms with van der Waals surface area (Å²) < 4.78 is 0. The number of hydrogen-bond donors (Lipinski definition) is 0. The second kappa shape index (κ2) is 5.48. The fourth-order valence-corrected chi connectivity index (χ4v) is 3.56. The van der Waals surface area contributed by atoms with Crippen molar-refractivity contribution in [3.8, 4) is 0 Å². The van der Waals surface area contributed by atoms with E-state index in [2.05, 4.69) is 17.0 Å². The first-order valence-corrected chi connectivity index (χ1v) is 7.70. The maximum Gasteiger partial charge on any atom is 0.128 e. The molecule has 1 unspecified atom stereocenters. The third-order valence-corrected chi connectivity index (χ3v) is 4.49. The number of aryl methyl sites for hydroxylation is 2. The van der Waals surface area contributed by atoms with Crippen molar-refractivity contribution >= 4 is 17.4 Å². The van der Waals surface area contributed by atoms with Gasteiger partial charge in [0, 0.05) is 24.7 Å². The predicted octanol–water partition coefficient (Wildman–Crippen LogP) is 3.42. The van der Waals surface area contributed by atoms with Gasteiger partial charge < -0.3 is 4.90 Å². The van der Waals surface area contributed by atoms with Gasteiger partial charge in [0.15, 0.2) is 0 Å². The van der Waals surface area contributed by atoms with Crippen LogP contribution in [0.25, 0.3) is 0 Å². The summed E-state index contributed by atoms with van der Waals surface area (Å²) in [6.45, 7) is 2.29. The average molecular weight is 265 g/mol. The van der Waals surface area contributed by atoms with Crippen molar-refractivity contribution < 1.29 is 0 Å².